The summed E-state index contributed by atoms with van der Waals surface area (Å²) in [6.07, 6.45) is 2.19. The van der Waals surface area contributed by atoms with Gasteiger partial charge in [0.05, 0.1) is 19.9 Å². The number of fused-ring (bicyclic) bond motifs is 1. The first-order valence-corrected chi connectivity index (χ1v) is 8.36. The van der Waals surface area contributed by atoms with E-state index in [1.807, 2.05) is 6.07 Å². The highest BCUT2D eigenvalue weighted by atomic mass is 19.1. The Bertz CT molecular complexity index is 1050. The van der Waals surface area contributed by atoms with Crippen LogP contribution in [-0.2, 0) is 11.2 Å². The molecule has 28 heavy (non-hydrogen) atoms. The molecule has 3 aromatic rings. The van der Waals surface area contributed by atoms with E-state index in [9.17, 15) is 9.18 Å². The zero-order valence-electron chi connectivity index (χ0n) is 15.4. The minimum atomic E-state index is -0.595. The predicted octanol–water partition coefficient (Wildman–Crippen LogP) is 3.07. The fourth-order valence-electron chi connectivity index (χ4n) is 2.96. The fourth-order valence-corrected chi connectivity index (χ4v) is 2.96. The summed E-state index contributed by atoms with van der Waals surface area (Å²) in [6.45, 7) is 0. The third-order valence-electron chi connectivity index (χ3n) is 4.18. The van der Waals surface area contributed by atoms with Gasteiger partial charge in [-0.1, -0.05) is 12.1 Å². The molecule has 0 atom stereocenters. The van der Waals surface area contributed by atoms with E-state index in [1.165, 1.54) is 32.4 Å². The number of nitrogens with two attached hydrogens (primary N) is 1. The number of anilines is 1. The quantitative estimate of drug-likeness (QED) is 0.355. The molecule has 144 valence electrons. The molecule has 0 unspecified atom stereocenters. The minimum absolute atomic E-state index is 0.167. The molecule has 0 amide bonds. The maximum Gasteiger partial charge on any atom is 0.341 e. The smallest absolute Gasteiger partial charge is 0.341 e. The summed E-state index contributed by atoms with van der Waals surface area (Å²) in [4.78, 5) is 16.6. The Morgan fingerprint density at radius 1 is 1.21 bits per heavy atom. The Morgan fingerprint density at radius 3 is 2.54 bits per heavy atom. The fraction of sp³-hybridized carbons (Fsp3) is 0.150. The normalized spacial score (nSPS) is 10.5. The zero-order chi connectivity index (χ0) is 20.3. The first-order valence-electron chi connectivity index (χ1n) is 8.36. The molecule has 0 fully saturated rings. The van der Waals surface area contributed by atoms with Gasteiger partial charge >= 0.3 is 5.97 Å². The number of guanidine groups is 1. The van der Waals surface area contributed by atoms with Crippen LogP contribution in [0.2, 0.25) is 0 Å². The van der Waals surface area contributed by atoms with Crippen LogP contribution in [0.25, 0.3) is 10.9 Å². The molecule has 0 aliphatic heterocycles. The van der Waals surface area contributed by atoms with Crippen molar-refractivity contribution in [2.24, 2.45) is 5.73 Å². The lowest BCUT2D eigenvalue weighted by atomic mass is 10.0. The van der Waals surface area contributed by atoms with Gasteiger partial charge in [0, 0.05) is 11.6 Å². The molecule has 0 radical (unpaired) electrons. The van der Waals surface area contributed by atoms with Gasteiger partial charge in [0.1, 0.15) is 16.9 Å². The Hall–Kier alpha value is -3.68. The lowest BCUT2D eigenvalue weighted by Crippen LogP contribution is -2.21. The third kappa shape index (κ3) is 3.85. The number of carbonyl (C=O) groups is 1. The zero-order valence-corrected chi connectivity index (χ0v) is 15.4. The Kier molecular flexibility index (Phi) is 5.39. The number of nitrogens with zero attached hydrogens (tertiary/aromatic N) is 1. The number of benzene rings is 2. The molecular weight excluding hydrogens is 363 g/mol. The van der Waals surface area contributed by atoms with E-state index < -0.39 is 5.97 Å². The van der Waals surface area contributed by atoms with Crippen molar-refractivity contribution in [3.05, 3.63) is 65.1 Å². The van der Waals surface area contributed by atoms with Gasteiger partial charge in [-0.25, -0.2) is 9.18 Å². The van der Waals surface area contributed by atoms with E-state index in [0.717, 1.165) is 11.1 Å². The highest BCUT2D eigenvalue weighted by molar-refractivity contribution is 6.08. The van der Waals surface area contributed by atoms with Crippen molar-refractivity contribution in [2.75, 3.05) is 19.5 Å². The van der Waals surface area contributed by atoms with Crippen molar-refractivity contribution in [2.45, 2.75) is 6.42 Å². The number of hydrogen-bond acceptors (Lipinski definition) is 5. The van der Waals surface area contributed by atoms with E-state index in [0.29, 0.717) is 23.0 Å². The van der Waals surface area contributed by atoms with E-state index >= 15 is 0 Å². The van der Waals surface area contributed by atoms with Gasteiger partial charge in [-0.15, -0.1) is 0 Å². The second-order valence-electron chi connectivity index (χ2n) is 6.08. The molecule has 0 aliphatic carbocycles. The average Bonchev–Trinajstić information content (AvgIpc) is 2.68. The second kappa shape index (κ2) is 7.91. The average molecular weight is 382 g/mol. The molecule has 1 heterocycles. The highest BCUT2D eigenvalue weighted by Crippen LogP contribution is 2.35. The molecular formula is C20H19FN4O3. The topological polar surface area (TPSA) is 110 Å². The van der Waals surface area contributed by atoms with E-state index in [1.54, 1.807) is 18.3 Å². The van der Waals surface area contributed by atoms with Crippen molar-refractivity contribution in [1.29, 1.82) is 5.41 Å². The number of halogens is 1. The lowest BCUT2D eigenvalue weighted by Gasteiger charge is -2.15. The third-order valence-corrected chi connectivity index (χ3v) is 4.18. The number of rotatable bonds is 5. The maximum absolute atomic E-state index is 13.1. The Labute approximate surface area is 160 Å². The molecule has 0 saturated carbocycles. The largest absolute Gasteiger partial charge is 0.494 e. The lowest BCUT2D eigenvalue weighted by molar-refractivity contribution is 0.0597. The van der Waals surface area contributed by atoms with Gasteiger partial charge < -0.3 is 20.5 Å². The van der Waals surface area contributed by atoms with Crippen LogP contribution in [0.5, 0.6) is 5.75 Å². The first-order chi connectivity index (χ1) is 13.4. The molecule has 0 spiro atoms. The summed E-state index contributed by atoms with van der Waals surface area (Å²) in [5, 5.41) is 10.9. The Morgan fingerprint density at radius 2 is 1.93 bits per heavy atom. The number of nitrogens with one attached hydrogen (secondary N) is 2. The van der Waals surface area contributed by atoms with Gasteiger partial charge in [-0.2, -0.15) is 0 Å². The maximum atomic E-state index is 13.1. The molecule has 4 N–H and O–H groups in total. The van der Waals surface area contributed by atoms with Gasteiger partial charge in [-0.3, -0.25) is 10.4 Å². The summed E-state index contributed by atoms with van der Waals surface area (Å²) >= 11 is 0. The monoisotopic (exact) mass is 382 g/mol. The number of methoxy groups -OCH3 is 2. The molecule has 0 bridgehead atoms. The summed E-state index contributed by atoms with van der Waals surface area (Å²) in [7, 11) is 2.71. The van der Waals surface area contributed by atoms with Crippen LogP contribution in [0.4, 0.5) is 10.1 Å². The SMILES string of the molecule is COC(=O)c1cc(NC(=N)N)c2cc(Cc3ccc(F)cc3)cnc2c1OC. The van der Waals surface area contributed by atoms with Crippen LogP contribution in [-0.4, -0.2) is 31.1 Å². The molecule has 3 rings (SSSR count). The highest BCUT2D eigenvalue weighted by Gasteiger charge is 2.20. The number of aromatic nitrogens is 1. The van der Waals surface area contributed by atoms with Crippen LogP contribution < -0.4 is 15.8 Å². The number of esters is 1. The van der Waals surface area contributed by atoms with E-state index in [4.69, 9.17) is 20.6 Å². The van der Waals surface area contributed by atoms with Gasteiger partial charge in [0.15, 0.2) is 11.7 Å². The van der Waals surface area contributed by atoms with Crippen molar-refractivity contribution in [1.82, 2.24) is 4.98 Å². The summed E-state index contributed by atoms with van der Waals surface area (Å²) in [5.41, 5.74) is 8.29. The number of carbonyl (C=O) groups excluding carboxylic acids is 1. The number of pyridine rings is 1. The van der Waals surface area contributed by atoms with Crippen LogP contribution in [0.15, 0.2) is 42.6 Å². The van der Waals surface area contributed by atoms with Crippen molar-refractivity contribution in [3.63, 3.8) is 0 Å². The molecule has 0 saturated heterocycles. The minimum Gasteiger partial charge on any atom is -0.494 e. The van der Waals surface area contributed by atoms with E-state index in [-0.39, 0.29) is 23.1 Å². The second-order valence-corrected chi connectivity index (χ2v) is 6.08. The summed E-state index contributed by atoms with van der Waals surface area (Å²) < 4.78 is 23.3. The van der Waals surface area contributed by atoms with Crippen LogP contribution in [0, 0.1) is 11.2 Å². The van der Waals surface area contributed by atoms with Crippen molar-refractivity contribution < 1.29 is 18.7 Å². The van der Waals surface area contributed by atoms with Gasteiger partial charge in [-0.05, 0) is 41.8 Å². The molecule has 7 nitrogen and oxygen atoms in total. The van der Waals surface area contributed by atoms with Crippen molar-refractivity contribution in [3.8, 4) is 5.75 Å². The number of hydrogen-bond donors (Lipinski definition) is 3. The first kappa shape index (κ1) is 19.1. The van der Waals surface area contributed by atoms with E-state index in [2.05, 4.69) is 10.3 Å². The molecule has 2 aromatic carbocycles. The summed E-state index contributed by atoms with van der Waals surface area (Å²) in [5.74, 6) is -0.911. The molecule has 0 aliphatic rings. The Balaban J connectivity index is 2.15. The van der Waals surface area contributed by atoms with Crippen molar-refractivity contribution >= 4 is 28.5 Å². The summed E-state index contributed by atoms with van der Waals surface area (Å²) in [6, 6.07) is 9.58. The number of ether oxygens (including phenoxy) is 2. The molecule has 1 aromatic heterocycles. The van der Waals surface area contributed by atoms with Crippen LogP contribution >= 0.6 is 0 Å². The predicted molar refractivity (Wildman–Crippen MR) is 104 cm³/mol. The van der Waals surface area contributed by atoms with Gasteiger partial charge in [0.25, 0.3) is 0 Å². The van der Waals surface area contributed by atoms with Gasteiger partial charge in [0.2, 0.25) is 0 Å². The van der Waals surface area contributed by atoms with Crippen LogP contribution in [0.3, 0.4) is 0 Å². The van der Waals surface area contributed by atoms with Crippen LogP contribution in [0.1, 0.15) is 21.5 Å². The standard InChI is InChI=1S/C20H19FN4O3/c1-27-18-15(19(26)28-2)9-16(25-20(22)23)14-8-12(10-24-17(14)18)7-11-3-5-13(21)6-4-11/h3-6,8-10H,7H2,1-2H3,(H4,22,23,25). The molecule has 8 heteroatoms.